The third-order valence-corrected chi connectivity index (χ3v) is 1.98. The highest BCUT2D eigenvalue weighted by Crippen LogP contribution is 1.99. The molecule has 0 amide bonds. The van der Waals surface area contributed by atoms with Gasteiger partial charge in [-0.15, -0.1) is 0 Å². The maximum Gasteiger partial charge on any atom is 0.0191 e. The quantitative estimate of drug-likeness (QED) is 0.653. The van der Waals surface area contributed by atoms with Gasteiger partial charge < -0.3 is 10.6 Å². The summed E-state index contributed by atoms with van der Waals surface area (Å²) in [5.41, 5.74) is 5.91. The molecule has 0 saturated carbocycles. The molecule has 0 heterocycles. The fourth-order valence-corrected chi connectivity index (χ4v) is 1.04. The minimum atomic E-state index is 0.326. The van der Waals surface area contributed by atoms with E-state index in [1.54, 1.807) is 0 Å². The van der Waals surface area contributed by atoms with E-state index in [1.807, 2.05) is 0 Å². The van der Waals surface area contributed by atoms with Crippen LogP contribution in [0.5, 0.6) is 0 Å². The van der Waals surface area contributed by atoms with Crippen molar-refractivity contribution in [3.63, 3.8) is 0 Å². The minimum Gasteiger partial charge on any atom is -0.326 e. The van der Waals surface area contributed by atoms with Gasteiger partial charge in [0, 0.05) is 12.6 Å². The van der Waals surface area contributed by atoms with Gasteiger partial charge >= 0.3 is 0 Å². The topological polar surface area (TPSA) is 29.3 Å². The van der Waals surface area contributed by atoms with E-state index in [1.165, 1.54) is 6.42 Å². The van der Waals surface area contributed by atoms with E-state index in [-0.39, 0.29) is 0 Å². The maximum absolute atomic E-state index is 5.91. The number of rotatable bonds is 5. The van der Waals surface area contributed by atoms with Crippen LogP contribution in [0.2, 0.25) is 0 Å². The summed E-state index contributed by atoms with van der Waals surface area (Å²) in [7, 11) is 2.13. The smallest absolute Gasteiger partial charge is 0.0191 e. The van der Waals surface area contributed by atoms with Crippen LogP contribution >= 0.6 is 0 Å². The largest absolute Gasteiger partial charge is 0.326 e. The molecule has 0 fully saturated rings. The molecule has 2 heteroatoms. The van der Waals surface area contributed by atoms with E-state index in [9.17, 15) is 0 Å². The van der Waals surface area contributed by atoms with Crippen molar-refractivity contribution >= 4 is 0 Å². The van der Waals surface area contributed by atoms with Gasteiger partial charge in [0.15, 0.2) is 0 Å². The fourth-order valence-electron chi connectivity index (χ4n) is 1.04. The maximum atomic E-state index is 5.91. The van der Waals surface area contributed by atoms with Gasteiger partial charge in [0.25, 0.3) is 0 Å². The lowest BCUT2D eigenvalue weighted by Crippen LogP contribution is -2.39. The van der Waals surface area contributed by atoms with Gasteiger partial charge in [-0.25, -0.2) is 0 Å². The molecule has 0 radical (unpaired) electrons. The second-order valence-corrected chi connectivity index (χ2v) is 3.67. The Kier molecular flexibility index (Phi) is 5.51. The lowest BCUT2D eigenvalue weighted by Gasteiger charge is -2.22. The van der Waals surface area contributed by atoms with Crippen LogP contribution in [0.4, 0.5) is 0 Å². The highest BCUT2D eigenvalue weighted by molar-refractivity contribution is 4.68. The zero-order chi connectivity index (χ0) is 8.85. The summed E-state index contributed by atoms with van der Waals surface area (Å²) < 4.78 is 0. The summed E-state index contributed by atoms with van der Waals surface area (Å²) in [6.45, 7) is 8.71. The highest BCUT2D eigenvalue weighted by Gasteiger charge is 2.09. The number of hydrogen-bond donors (Lipinski definition) is 1. The van der Waals surface area contributed by atoms with Crippen LogP contribution in [0.15, 0.2) is 0 Å². The van der Waals surface area contributed by atoms with E-state index in [0.717, 1.165) is 13.1 Å². The molecule has 0 rings (SSSR count). The van der Waals surface area contributed by atoms with Crippen molar-refractivity contribution in [1.82, 2.24) is 4.90 Å². The minimum absolute atomic E-state index is 0.326. The van der Waals surface area contributed by atoms with Crippen molar-refractivity contribution < 1.29 is 0 Å². The monoisotopic (exact) mass is 158 g/mol. The van der Waals surface area contributed by atoms with Crippen LogP contribution in [0, 0.1) is 5.92 Å². The number of hydrogen-bond acceptors (Lipinski definition) is 2. The predicted molar refractivity (Wildman–Crippen MR) is 50.6 cm³/mol. The van der Waals surface area contributed by atoms with Crippen molar-refractivity contribution in [2.75, 3.05) is 20.1 Å². The van der Waals surface area contributed by atoms with E-state index in [0.29, 0.717) is 12.0 Å². The summed E-state index contributed by atoms with van der Waals surface area (Å²) in [4.78, 5) is 2.30. The van der Waals surface area contributed by atoms with Crippen LogP contribution in [0.1, 0.15) is 27.2 Å². The number of nitrogens with two attached hydrogens (primary N) is 1. The van der Waals surface area contributed by atoms with Crippen LogP contribution in [0.3, 0.4) is 0 Å². The molecule has 0 aromatic heterocycles. The predicted octanol–water partition coefficient (Wildman–Crippen LogP) is 1.31. The summed E-state index contributed by atoms with van der Waals surface area (Å²) in [5, 5.41) is 0. The van der Waals surface area contributed by atoms with Crippen molar-refractivity contribution in [3.05, 3.63) is 0 Å². The second kappa shape index (κ2) is 5.56. The van der Waals surface area contributed by atoms with Crippen LogP contribution in [0.25, 0.3) is 0 Å². The molecule has 2 nitrogen and oxygen atoms in total. The molecular weight excluding hydrogens is 136 g/mol. The Labute approximate surface area is 70.8 Å². The molecule has 0 aliphatic heterocycles. The van der Waals surface area contributed by atoms with Gasteiger partial charge in [-0.1, -0.05) is 20.8 Å². The molecule has 0 aromatic carbocycles. The summed E-state index contributed by atoms with van der Waals surface area (Å²) in [5.74, 6) is 0.592. The van der Waals surface area contributed by atoms with E-state index in [2.05, 4.69) is 32.7 Å². The molecular formula is C9H22N2. The fraction of sp³-hybridized carbons (Fsp3) is 1.00. The Balaban J connectivity index is 3.48. The molecule has 0 aliphatic rings. The molecule has 11 heavy (non-hydrogen) atoms. The van der Waals surface area contributed by atoms with E-state index < -0.39 is 0 Å². The first-order chi connectivity index (χ1) is 5.07. The lowest BCUT2D eigenvalue weighted by atomic mass is 10.1. The molecule has 2 N–H and O–H groups in total. The summed E-state index contributed by atoms with van der Waals surface area (Å²) >= 11 is 0. The summed E-state index contributed by atoms with van der Waals surface area (Å²) in [6, 6.07) is 0.326. The molecule has 68 valence electrons. The molecule has 0 aliphatic carbocycles. The Morgan fingerprint density at radius 2 is 1.91 bits per heavy atom. The number of nitrogens with zero attached hydrogens (tertiary/aromatic N) is 1. The zero-order valence-corrected chi connectivity index (χ0v) is 8.30. The SMILES string of the molecule is CCCN(C)C[C@H](N)C(C)C. The normalized spacial score (nSPS) is 14.5. The molecule has 0 aromatic rings. The van der Waals surface area contributed by atoms with Crippen LogP contribution in [-0.4, -0.2) is 31.1 Å². The van der Waals surface area contributed by atoms with E-state index >= 15 is 0 Å². The first-order valence-corrected chi connectivity index (χ1v) is 4.52. The average molecular weight is 158 g/mol. The first-order valence-electron chi connectivity index (χ1n) is 4.52. The summed E-state index contributed by atoms with van der Waals surface area (Å²) in [6.07, 6.45) is 1.21. The third-order valence-electron chi connectivity index (χ3n) is 1.98. The van der Waals surface area contributed by atoms with Gasteiger partial charge in [0.2, 0.25) is 0 Å². The molecule has 0 unspecified atom stereocenters. The van der Waals surface area contributed by atoms with Crippen LogP contribution < -0.4 is 5.73 Å². The molecule has 0 bridgehead atoms. The first kappa shape index (κ1) is 10.9. The Hall–Kier alpha value is -0.0800. The van der Waals surface area contributed by atoms with Gasteiger partial charge in [-0.2, -0.15) is 0 Å². The van der Waals surface area contributed by atoms with Crippen molar-refractivity contribution in [3.8, 4) is 0 Å². The average Bonchev–Trinajstić information content (AvgIpc) is 1.87. The molecule has 0 saturated heterocycles. The van der Waals surface area contributed by atoms with Crippen molar-refractivity contribution in [2.45, 2.75) is 33.2 Å². The molecule has 0 spiro atoms. The second-order valence-electron chi connectivity index (χ2n) is 3.67. The number of likely N-dealkylation sites (N-methyl/N-ethyl adjacent to an activating group) is 1. The lowest BCUT2D eigenvalue weighted by molar-refractivity contribution is 0.284. The highest BCUT2D eigenvalue weighted by atomic mass is 15.1. The van der Waals surface area contributed by atoms with Crippen molar-refractivity contribution in [2.24, 2.45) is 11.7 Å². The van der Waals surface area contributed by atoms with Crippen molar-refractivity contribution in [1.29, 1.82) is 0 Å². The third kappa shape index (κ3) is 5.22. The Bertz CT molecular complexity index is 91.6. The zero-order valence-electron chi connectivity index (χ0n) is 8.30. The van der Waals surface area contributed by atoms with Gasteiger partial charge in [0.05, 0.1) is 0 Å². The molecule has 1 atom stereocenters. The standard InChI is InChI=1S/C9H22N2/c1-5-6-11(4)7-9(10)8(2)3/h8-9H,5-7,10H2,1-4H3/t9-/m0/s1. The van der Waals surface area contributed by atoms with Gasteiger partial charge in [-0.05, 0) is 25.9 Å². The van der Waals surface area contributed by atoms with E-state index in [4.69, 9.17) is 5.73 Å². The van der Waals surface area contributed by atoms with Gasteiger partial charge in [-0.3, -0.25) is 0 Å². The Morgan fingerprint density at radius 3 is 2.27 bits per heavy atom. The van der Waals surface area contributed by atoms with Crippen LogP contribution in [-0.2, 0) is 0 Å². The Morgan fingerprint density at radius 1 is 1.36 bits per heavy atom. The van der Waals surface area contributed by atoms with Gasteiger partial charge in [0.1, 0.15) is 0 Å².